The normalized spacial score (nSPS) is 21.7. The molecule has 2 fully saturated rings. The third kappa shape index (κ3) is 3.82. The van der Waals surface area contributed by atoms with Gasteiger partial charge in [0.2, 0.25) is 0 Å². The second-order valence-corrected chi connectivity index (χ2v) is 12.0. The minimum atomic E-state index is -0.0887. The molecule has 2 heteroatoms. The second kappa shape index (κ2) is 6.09. The molecule has 1 aromatic carbocycles. The molecule has 2 aliphatic carbocycles. The summed E-state index contributed by atoms with van der Waals surface area (Å²) in [7, 11) is 0. The summed E-state index contributed by atoms with van der Waals surface area (Å²) in [4.78, 5) is 13.0. The highest BCUT2D eigenvalue weighted by Crippen LogP contribution is 2.65. The Morgan fingerprint density at radius 1 is 0.889 bits per heavy atom. The highest BCUT2D eigenvalue weighted by Gasteiger charge is 2.62. The Bertz CT molecular complexity index is 711. The zero-order chi connectivity index (χ0) is 20.4. The van der Waals surface area contributed by atoms with Gasteiger partial charge in [0.25, 0.3) is 0 Å². The lowest BCUT2D eigenvalue weighted by Gasteiger charge is -2.33. The van der Waals surface area contributed by atoms with Gasteiger partial charge in [0, 0.05) is 11.1 Å². The van der Waals surface area contributed by atoms with Crippen molar-refractivity contribution in [3.63, 3.8) is 0 Å². The number of carbonyl (C=O) groups excluding carboxylic acids is 1. The predicted octanol–water partition coefficient (Wildman–Crippen LogP) is 6.67. The van der Waals surface area contributed by atoms with Crippen molar-refractivity contribution in [2.24, 2.45) is 11.3 Å². The van der Waals surface area contributed by atoms with Gasteiger partial charge in [-0.25, -0.2) is 0 Å². The van der Waals surface area contributed by atoms with Gasteiger partial charge in [0.15, 0.2) is 0 Å². The number of hydrogen-bond donors (Lipinski definition) is 0. The fraction of sp³-hybridized carbons (Fsp3) is 0.720. The van der Waals surface area contributed by atoms with E-state index in [9.17, 15) is 4.79 Å². The molecule has 0 bridgehead atoms. The minimum Gasteiger partial charge on any atom is -0.426 e. The van der Waals surface area contributed by atoms with Crippen molar-refractivity contribution in [3.8, 4) is 5.75 Å². The summed E-state index contributed by atoms with van der Waals surface area (Å²) in [6, 6.07) is 4.54. The average Bonchev–Trinajstić information content (AvgIpc) is 3.19. The Labute approximate surface area is 166 Å². The van der Waals surface area contributed by atoms with E-state index in [4.69, 9.17) is 4.74 Å². The highest BCUT2D eigenvalue weighted by molar-refractivity contribution is 5.80. The van der Waals surface area contributed by atoms with Crippen molar-refractivity contribution in [2.75, 3.05) is 0 Å². The van der Waals surface area contributed by atoms with Crippen molar-refractivity contribution in [2.45, 2.75) is 104 Å². The quantitative estimate of drug-likeness (QED) is 0.429. The van der Waals surface area contributed by atoms with Gasteiger partial charge in [0.05, 0.1) is 5.92 Å². The number of hydrogen-bond acceptors (Lipinski definition) is 2. The largest absolute Gasteiger partial charge is 0.426 e. The molecule has 0 aromatic heterocycles. The van der Waals surface area contributed by atoms with Crippen LogP contribution in [0, 0.1) is 11.3 Å². The van der Waals surface area contributed by atoms with Gasteiger partial charge in [-0.15, -0.1) is 0 Å². The van der Waals surface area contributed by atoms with Crippen molar-refractivity contribution in [1.82, 2.24) is 0 Å². The molecule has 0 amide bonds. The summed E-state index contributed by atoms with van der Waals surface area (Å²) < 4.78 is 6.21. The highest BCUT2D eigenvalue weighted by atomic mass is 16.5. The molecule has 2 saturated carbocycles. The third-order valence-corrected chi connectivity index (χ3v) is 6.60. The molecular formula is C25H38O2. The number of carbonyl (C=O) groups is 1. The van der Waals surface area contributed by atoms with Crippen LogP contribution >= 0.6 is 0 Å². The zero-order valence-electron chi connectivity index (χ0n) is 18.9. The Morgan fingerprint density at radius 2 is 1.37 bits per heavy atom. The summed E-state index contributed by atoms with van der Waals surface area (Å²) >= 11 is 0. The van der Waals surface area contributed by atoms with Gasteiger partial charge in [-0.05, 0) is 46.5 Å². The van der Waals surface area contributed by atoms with Gasteiger partial charge in [-0.1, -0.05) is 80.9 Å². The zero-order valence-corrected chi connectivity index (χ0v) is 18.9. The van der Waals surface area contributed by atoms with Crippen molar-refractivity contribution < 1.29 is 9.53 Å². The summed E-state index contributed by atoms with van der Waals surface area (Å²) in [5.74, 6) is 0.928. The summed E-state index contributed by atoms with van der Waals surface area (Å²) in [6.45, 7) is 20.0. The van der Waals surface area contributed by atoms with Crippen LogP contribution in [0.5, 0.6) is 5.75 Å². The summed E-state index contributed by atoms with van der Waals surface area (Å²) in [5, 5.41) is 0. The van der Waals surface area contributed by atoms with E-state index >= 15 is 0 Å². The Morgan fingerprint density at radius 3 is 1.67 bits per heavy atom. The first-order chi connectivity index (χ1) is 12.2. The van der Waals surface area contributed by atoms with E-state index in [1.807, 2.05) is 0 Å². The van der Waals surface area contributed by atoms with Crippen LogP contribution in [0.2, 0.25) is 0 Å². The molecule has 2 aliphatic rings. The van der Waals surface area contributed by atoms with E-state index in [2.05, 4.69) is 74.4 Å². The summed E-state index contributed by atoms with van der Waals surface area (Å²) in [5.41, 5.74) is 3.77. The molecule has 1 aromatic rings. The molecule has 0 unspecified atom stereocenters. The van der Waals surface area contributed by atoms with Crippen molar-refractivity contribution >= 4 is 5.97 Å². The third-order valence-electron chi connectivity index (χ3n) is 6.60. The molecule has 0 heterocycles. The maximum absolute atomic E-state index is 13.0. The van der Waals surface area contributed by atoms with Crippen LogP contribution in [0.4, 0.5) is 0 Å². The fourth-order valence-corrected chi connectivity index (χ4v) is 4.32. The predicted molar refractivity (Wildman–Crippen MR) is 113 cm³/mol. The lowest BCUT2D eigenvalue weighted by Crippen LogP contribution is -2.26. The smallest absolute Gasteiger partial charge is 0.314 e. The average molecular weight is 371 g/mol. The molecule has 27 heavy (non-hydrogen) atoms. The van der Waals surface area contributed by atoms with Crippen LogP contribution in [-0.4, -0.2) is 5.97 Å². The Kier molecular flexibility index (Phi) is 4.61. The first-order valence-electron chi connectivity index (χ1n) is 10.6. The fourth-order valence-electron chi connectivity index (χ4n) is 4.32. The van der Waals surface area contributed by atoms with E-state index in [0.29, 0.717) is 5.41 Å². The van der Waals surface area contributed by atoms with E-state index in [0.717, 1.165) is 23.3 Å². The molecule has 1 spiro atoms. The van der Waals surface area contributed by atoms with E-state index < -0.39 is 0 Å². The molecular weight excluding hydrogens is 332 g/mol. The molecule has 0 aliphatic heterocycles. The monoisotopic (exact) mass is 370 g/mol. The van der Waals surface area contributed by atoms with Crippen molar-refractivity contribution in [3.05, 3.63) is 28.8 Å². The molecule has 0 N–H and O–H groups in total. The number of benzene rings is 1. The van der Waals surface area contributed by atoms with Crippen molar-refractivity contribution in [1.29, 1.82) is 0 Å². The maximum atomic E-state index is 13.0. The topological polar surface area (TPSA) is 26.3 Å². The van der Waals surface area contributed by atoms with E-state index in [1.54, 1.807) is 0 Å². The lowest BCUT2D eigenvalue weighted by molar-refractivity contribution is -0.137. The van der Waals surface area contributed by atoms with Crippen LogP contribution in [-0.2, 0) is 21.0 Å². The lowest BCUT2D eigenvalue weighted by atomic mass is 9.74. The van der Waals surface area contributed by atoms with Crippen LogP contribution in [0.3, 0.4) is 0 Å². The van der Waals surface area contributed by atoms with Crippen LogP contribution < -0.4 is 4.74 Å². The SMILES string of the molecule is CC(C)(C)c1cc(C(C)(C)C)c(OC(=O)[C@@H]2CC23CCC3)c(C(C)(C)C)c1. The molecule has 0 saturated heterocycles. The Hall–Kier alpha value is -1.31. The van der Waals surface area contributed by atoms with E-state index in [-0.39, 0.29) is 28.1 Å². The van der Waals surface area contributed by atoms with Gasteiger partial charge in [-0.2, -0.15) is 0 Å². The first kappa shape index (κ1) is 20.4. The first-order valence-corrected chi connectivity index (χ1v) is 10.6. The number of ether oxygens (including phenoxy) is 1. The van der Waals surface area contributed by atoms with Crippen LogP contribution in [0.1, 0.15) is 105 Å². The second-order valence-electron chi connectivity index (χ2n) is 12.0. The van der Waals surface area contributed by atoms with Gasteiger partial charge < -0.3 is 4.74 Å². The number of esters is 1. The molecule has 150 valence electrons. The molecule has 1 atom stereocenters. The molecule has 0 radical (unpaired) electrons. The van der Waals surface area contributed by atoms with Gasteiger partial charge in [-0.3, -0.25) is 4.79 Å². The van der Waals surface area contributed by atoms with Gasteiger partial charge in [0.1, 0.15) is 5.75 Å². The summed E-state index contributed by atoms with van der Waals surface area (Å²) in [6.07, 6.45) is 4.70. The van der Waals surface area contributed by atoms with Crippen LogP contribution in [0.25, 0.3) is 0 Å². The maximum Gasteiger partial charge on any atom is 0.314 e. The standard InChI is InChI=1S/C25H38O2/c1-22(2,3)16-13-17(23(4,5)6)20(18(14-16)24(7,8)9)27-21(26)19-15-25(19)11-10-12-25/h13-14,19H,10-12,15H2,1-9H3/t19-/m0/s1. The van der Waals surface area contributed by atoms with Crippen LogP contribution in [0.15, 0.2) is 12.1 Å². The minimum absolute atomic E-state index is 0.00536. The Balaban J connectivity index is 2.08. The van der Waals surface area contributed by atoms with E-state index in [1.165, 1.54) is 24.8 Å². The van der Waals surface area contributed by atoms with Gasteiger partial charge >= 0.3 is 5.97 Å². The molecule has 2 nitrogen and oxygen atoms in total. The molecule has 3 rings (SSSR count). The number of rotatable bonds is 2.